The minimum Gasteiger partial charge on any atom is -0.466 e. The molecular formula is C16H29N3O5S. The molecule has 2 aliphatic heterocycles. The Balaban J connectivity index is 1.83. The maximum atomic E-state index is 12.7. The number of carbonyl (C=O) groups excluding carboxylic acids is 2. The molecule has 2 fully saturated rings. The SMILES string of the molecule is CCOC(=O)C1CCN(C(=O)C2CCN(S(=O)(=O)N(C)C)CC2)CC1. The lowest BCUT2D eigenvalue weighted by Gasteiger charge is -2.37. The van der Waals surface area contributed by atoms with Gasteiger partial charge in [-0.2, -0.15) is 17.0 Å². The van der Waals surface area contributed by atoms with Gasteiger partial charge >= 0.3 is 5.97 Å². The van der Waals surface area contributed by atoms with E-state index in [1.165, 1.54) is 22.7 Å². The van der Waals surface area contributed by atoms with Crippen LogP contribution in [0.3, 0.4) is 0 Å². The summed E-state index contributed by atoms with van der Waals surface area (Å²) < 4.78 is 31.9. The highest BCUT2D eigenvalue weighted by Gasteiger charge is 2.35. The quantitative estimate of drug-likeness (QED) is 0.645. The van der Waals surface area contributed by atoms with Gasteiger partial charge in [0.05, 0.1) is 12.5 Å². The van der Waals surface area contributed by atoms with Crippen LogP contribution >= 0.6 is 0 Å². The molecule has 0 saturated carbocycles. The minimum absolute atomic E-state index is 0.0872. The van der Waals surface area contributed by atoms with Crippen molar-refractivity contribution in [2.75, 3.05) is 46.9 Å². The Kier molecular flexibility index (Phi) is 6.81. The smallest absolute Gasteiger partial charge is 0.309 e. The van der Waals surface area contributed by atoms with Crippen molar-refractivity contribution < 1.29 is 22.7 Å². The molecule has 1 amide bonds. The van der Waals surface area contributed by atoms with Gasteiger partial charge in [-0.15, -0.1) is 0 Å². The number of hydrogen-bond donors (Lipinski definition) is 0. The monoisotopic (exact) mass is 375 g/mol. The topological polar surface area (TPSA) is 87.2 Å². The third-order valence-electron chi connectivity index (χ3n) is 5.02. The van der Waals surface area contributed by atoms with Gasteiger partial charge in [0.1, 0.15) is 0 Å². The van der Waals surface area contributed by atoms with E-state index in [0.29, 0.717) is 58.5 Å². The molecule has 2 heterocycles. The molecule has 0 aromatic rings. The van der Waals surface area contributed by atoms with Crippen LogP contribution in [0.25, 0.3) is 0 Å². The van der Waals surface area contributed by atoms with Crippen LogP contribution in [-0.2, 0) is 24.5 Å². The number of hydrogen-bond acceptors (Lipinski definition) is 5. The molecule has 8 nitrogen and oxygen atoms in total. The van der Waals surface area contributed by atoms with Crippen molar-refractivity contribution in [3.05, 3.63) is 0 Å². The molecule has 0 N–H and O–H groups in total. The molecule has 0 bridgehead atoms. The molecule has 0 radical (unpaired) electrons. The lowest BCUT2D eigenvalue weighted by atomic mass is 9.92. The number of rotatable bonds is 5. The van der Waals surface area contributed by atoms with E-state index >= 15 is 0 Å². The van der Waals surface area contributed by atoms with Crippen molar-refractivity contribution in [1.82, 2.24) is 13.5 Å². The van der Waals surface area contributed by atoms with Gasteiger partial charge in [0.2, 0.25) is 5.91 Å². The van der Waals surface area contributed by atoms with Gasteiger partial charge in [-0.3, -0.25) is 9.59 Å². The molecule has 0 unspecified atom stereocenters. The largest absolute Gasteiger partial charge is 0.466 e. The third kappa shape index (κ3) is 4.71. The summed E-state index contributed by atoms with van der Waals surface area (Å²) in [4.78, 5) is 26.3. The van der Waals surface area contributed by atoms with Gasteiger partial charge in [-0.05, 0) is 32.6 Å². The summed E-state index contributed by atoms with van der Waals surface area (Å²) in [6, 6.07) is 0. The van der Waals surface area contributed by atoms with E-state index in [2.05, 4.69) is 0 Å². The van der Waals surface area contributed by atoms with Gasteiger partial charge in [-0.1, -0.05) is 0 Å². The fourth-order valence-corrected chi connectivity index (χ4v) is 4.55. The molecule has 0 aromatic carbocycles. The molecule has 0 aliphatic carbocycles. The van der Waals surface area contributed by atoms with Crippen LogP contribution in [0, 0.1) is 11.8 Å². The molecule has 0 aromatic heterocycles. The van der Waals surface area contributed by atoms with E-state index in [1.54, 1.807) is 6.92 Å². The Morgan fingerprint density at radius 3 is 2.00 bits per heavy atom. The fourth-order valence-electron chi connectivity index (χ4n) is 3.42. The van der Waals surface area contributed by atoms with Gasteiger partial charge in [0, 0.05) is 46.2 Å². The molecule has 2 saturated heterocycles. The van der Waals surface area contributed by atoms with Crippen molar-refractivity contribution >= 4 is 22.1 Å². The maximum absolute atomic E-state index is 12.7. The average molecular weight is 375 g/mol. The van der Waals surface area contributed by atoms with E-state index in [0.717, 1.165) is 0 Å². The van der Waals surface area contributed by atoms with Gasteiger partial charge in [0.25, 0.3) is 10.2 Å². The Morgan fingerprint density at radius 1 is 1.00 bits per heavy atom. The number of carbonyl (C=O) groups is 2. The highest BCUT2D eigenvalue weighted by Crippen LogP contribution is 2.25. The van der Waals surface area contributed by atoms with Crippen LogP contribution in [0.1, 0.15) is 32.6 Å². The predicted molar refractivity (Wildman–Crippen MR) is 92.8 cm³/mol. The first-order valence-corrected chi connectivity index (χ1v) is 10.3. The Morgan fingerprint density at radius 2 is 1.52 bits per heavy atom. The van der Waals surface area contributed by atoms with Crippen LogP contribution < -0.4 is 0 Å². The molecule has 0 spiro atoms. The zero-order chi connectivity index (χ0) is 18.6. The van der Waals surface area contributed by atoms with Crippen LogP contribution in [0.15, 0.2) is 0 Å². The molecule has 2 aliphatic rings. The standard InChI is InChI=1S/C16H29N3O5S/c1-4-24-16(21)14-5-9-18(10-6-14)15(20)13-7-11-19(12-8-13)25(22,23)17(2)3/h13-14H,4-12H2,1-3H3. The number of amides is 1. The number of nitrogens with zero attached hydrogens (tertiary/aromatic N) is 3. The molecule has 25 heavy (non-hydrogen) atoms. The summed E-state index contributed by atoms with van der Waals surface area (Å²) >= 11 is 0. The van der Waals surface area contributed by atoms with E-state index in [-0.39, 0.29) is 23.7 Å². The van der Waals surface area contributed by atoms with Crippen molar-refractivity contribution in [3.63, 3.8) is 0 Å². The highest BCUT2D eigenvalue weighted by molar-refractivity contribution is 7.86. The Bertz CT molecular complexity index is 577. The summed E-state index contributed by atoms with van der Waals surface area (Å²) in [5.41, 5.74) is 0. The fraction of sp³-hybridized carbons (Fsp3) is 0.875. The van der Waals surface area contributed by atoms with Crippen LogP contribution in [0.4, 0.5) is 0 Å². The average Bonchev–Trinajstić information content (AvgIpc) is 2.61. The number of esters is 1. The van der Waals surface area contributed by atoms with Gasteiger partial charge in [0.15, 0.2) is 0 Å². The minimum atomic E-state index is -3.41. The first kappa shape index (κ1) is 20.1. The summed E-state index contributed by atoms with van der Waals surface area (Å²) in [5, 5.41) is 0. The summed E-state index contributed by atoms with van der Waals surface area (Å²) in [6.07, 6.45) is 2.37. The number of ether oxygens (including phenoxy) is 1. The van der Waals surface area contributed by atoms with Crippen LogP contribution in [0.5, 0.6) is 0 Å². The molecule has 2 rings (SSSR count). The lowest BCUT2D eigenvalue weighted by Crippen LogP contribution is -2.49. The number of likely N-dealkylation sites (tertiary alicyclic amines) is 1. The zero-order valence-corrected chi connectivity index (χ0v) is 16.1. The van der Waals surface area contributed by atoms with Crippen molar-refractivity contribution in [1.29, 1.82) is 0 Å². The summed E-state index contributed by atoms with van der Waals surface area (Å²) in [7, 11) is -0.378. The normalized spacial score (nSPS) is 21.5. The second-order valence-corrected chi connectivity index (χ2v) is 8.96. The van der Waals surface area contributed by atoms with Gasteiger partial charge < -0.3 is 9.64 Å². The summed E-state index contributed by atoms with van der Waals surface area (Å²) in [6.45, 7) is 4.05. The van der Waals surface area contributed by atoms with Crippen LogP contribution in [0.2, 0.25) is 0 Å². The second-order valence-electron chi connectivity index (χ2n) is 6.82. The maximum Gasteiger partial charge on any atom is 0.309 e. The van der Waals surface area contributed by atoms with E-state index in [1.807, 2.05) is 4.90 Å². The van der Waals surface area contributed by atoms with Crippen LogP contribution in [-0.4, -0.2) is 80.7 Å². The third-order valence-corrected chi connectivity index (χ3v) is 6.96. The zero-order valence-electron chi connectivity index (χ0n) is 15.3. The van der Waals surface area contributed by atoms with Crippen molar-refractivity contribution in [3.8, 4) is 0 Å². The van der Waals surface area contributed by atoms with Crippen molar-refractivity contribution in [2.45, 2.75) is 32.6 Å². The summed E-state index contributed by atoms with van der Waals surface area (Å²) in [5.74, 6) is -0.329. The first-order valence-electron chi connectivity index (χ1n) is 8.90. The molecule has 9 heteroatoms. The van der Waals surface area contributed by atoms with Gasteiger partial charge in [-0.25, -0.2) is 0 Å². The first-order chi connectivity index (χ1) is 11.8. The molecule has 0 atom stereocenters. The van der Waals surface area contributed by atoms with E-state index in [9.17, 15) is 18.0 Å². The van der Waals surface area contributed by atoms with E-state index < -0.39 is 10.2 Å². The molecule has 144 valence electrons. The van der Waals surface area contributed by atoms with E-state index in [4.69, 9.17) is 4.74 Å². The lowest BCUT2D eigenvalue weighted by molar-refractivity contribution is -0.152. The second kappa shape index (κ2) is 8.46. The predicted octanol–water partition coefficient (Wildman–Crippen LogP) is 0.307. The highest BCUT2D eigenvalue weighted by atomic mass is 32.2. The Labute approximate surface area is 150 Å². The number of piperidine rings is 2. The Hall–Kier alpha value is -1.19. The molecular weight excluding hydrogens is 346 g/mol. The van der Waals surface area contributed by atoms with Crippen molar-refractivity contribution in [2.24, 2.45) is 11.8 Å².